The standard InChI is InChI=1S/C15H16O4.C2H6/c1-15(2,3)13(16)9-18-11-5-6-12-10(8-11)4-7-14(17)19-12;1-2/h4-8H,9H2,1-3H3;1-2H3. The van der Waals surface area contributed by atoms with Crippen molar-refractivity contribution in [3.05, 3.63) is 40.8 Å². The van der Waals surface area contributed by atoms with Crippen molar-refractivity contribution >= 4 is 16.8 Å². The third-order valence-corrected chi connectivity index (χ3v) is 2.80. The molecule has 1 aromatic carbocycles. The second kappa shape index (κ2) is 7.07. The van der Waals surface area contributed by atoms with Crippen LogP contribution in [-0.4, -0.2) is 12.4 Å². The molecular formula is C17H22O4. The number of ether oxygens (including phenoxy) is 1. The van der Waals surface area contributed by atoms with Crippen molar-refractivity contribution in [3.8, 4) is 5.75 Å². The smallest absolute Gasteiger partial charge is 0.336 e. The maximum absolute atomic E-state index is 11.8. The number of carbonyl (C=O) groups is 1. The van der Waals surface area contributed by atoms with Gasteiger partial charge in [-0.15, -0.1) is 0 Å². The summed E-state index contributed by atoms with van der Waals surface area (Å²) >= 11 is 0. The first kappa shape index (κ1) is 17.0. The van der Waals surface area contributed by atoms with E-state index in [-0.39, 0.29) is 18.0 Å². The summed E-state index contributed by atoms with van der Waals surface area (Å²) in [5, 5.41) is 0.764. The monoisotopic (exact) mass is 290 g/mol. The van der Waals surface area contributed by atoms with Crippen LogP contribution < -0.4 is 10.4 Å². The summed E-state index contributed by atoms with van der Waals surface area (Å²) in [6.45, 7) is 9.60. The molecule has 2 aromatic rings. The molecule has 0 spiro atoms. The van der Waals surface area contributed by atoms with Crippen LogP contribution in [0.4, 0.5) is 0 Å². The van der Waals surface area contributed by atoms with Gasteiger partial charge in [0, 0.05) is 16.9 Å². The summed E-state index contributed by atoms with van der Waals surface area (Å²) in [5.41, 5.74) is -0.296. The SMILES string of the molecule is CC.CC(C)(C)C(=O)COc1ccc2oc(=O)ccc2c1. The molecule has 0 atom stereocenters. The Bertz CT molecular complexity index is 662. The average Bonchev–Trinajstić information content (AvgIpc) is 2.45. The minimum atomic E-state index is -0.413. The molecule has 0 aliphatic heterocycles. The number of Topliss-reactive ketones (excluding diaryl/α,β-unsaturated/α-hetero) is 1. The van der Waals surface area contributed by atoms with E-state index in [0.29, 0.717) is 11.3 Å². The van der Waals surface area contributed by atoms with Crippen LogP contribution in [0.3, 0.4) is 0 Å². The van der Waals surface area contributed by atoms with E-state index in [4.69, 9.17) is 9.15 Å². The highest BCUT2D eigenvalue weighted by atomic mass is 16.5. The number of benzene rings is 1. The van der Waals surface area contributed by atoms with Crippen molar-refractivity contribution in [3.63, 3.8) is 0 Å². The summed E-state index contributed by atoms with van der Waals surface area (Å²) in [6.07, 6.45) is 0. The van der Waals surface area contributed by atoms with E-state index in [9.17, 15) is 9.59 Å². The second-order valence-corrected chi connectivity index (χ2v) is 5.42. The summed E-state index contributed by atoms with van der Waals surface area (Å²) < 4.78 is 10.5. The topological polar surface area (TPSA) is 56.5 Å². The van der Waals surface area contributed by atoms with Crippen molar-refractivity contribution in [2.24, 2.45) is 5.41 Å². The van der Waals surface area contributed by atoms with Crippen LogP contribution in [0, 0.1) is 5.41 Å². The molecule has 1 aromatic heterocycles. The Balaban J connectivity index is 0.00000106. The van der Waals surface area contributed by atoms with Gasteiger partial charge in [-0.25, -0.2) is 4.79 Å². The van der Waals surface area contributed by atoms with E-state index < -0.39 is 5.41 Å². The molecule has 0 N–H and O–H groups in total. The highest BCUT2D eigenvalue weighted by Gasteiger charge is 2.21. The molecule has 0 saturated heterocycles. The highest BCUT2D eigenvalue weighted by molar-refractivity contribution is 5.85. The fourth-order valence-corrected chi connectivity index (χ4v) is 1.51. The number of rotatable bonds is 3. The van der Waals surface area contributed by atoms with Gasteiger partial charge in [-0.05, 0) is 24.3 Å². The number of fused-ring (bicyclic) bond motifs is 1. The van der Waals surface area contributed by atoms with Gasteiger partial charge in [0.25, 0.3) is 0 Å². The molecule has 0 bridgehead atoms. The predicted molar refractivity (Wildman–Crippen MR) is 83.8 cm³/mol. The molecule has 21 heavy (non-hydrogen) atoms. The summed E-state index contributed by atoms with van der Waals surface area (Å²) in [6, 6.07) is 8.11. The first-order valence-corrected chi connectivity index (χ1v) is 7.06. The van der Waals surface area contributed by atoms with Crippen molar-refractivity contribution < 1.29 is 13.9 Å². The molecule has 4 heteroatoms. The zero-order valence-corrected chi connectivity index (χ0v) is 13.2. The third-order valence-electron chi connectivity index (χ3n) is 2.80. The van der Waals surface area contributed by atoms with E-state index in [1.807, 2.05) is 34.6 Å². The minimum Gasteiger partial charge on any atom is -0.486 e. The van der Waals surface area contributed by atoms with Crippen molar-refractivity contribution in [1.82, 2.24) is 0 Å². The van der Waals surface area contributed by atoms with E-state index in [1.54, 1.807) is 24.3 Å². The number of hydrogen-bond acceptors (Lipinski definition) is 4. The van der Waals surface area contributed by atoms with Crippen LogP contribution in [0.2, 0.25) is 0 Å². The lowest BCUT2D eigenvalue weighted by atomic mass is 9.91. The van der Waals surface area contributed by atoms with Gasteiger partial charge in [0.15, 0.2) is 5.78 Å². The van der Waals surface area contributed by atoms with Crippen molar-refractivity contribution in [2.45, 2.75) is 34.6 Å². The lowest BCUT2D eigenvalue weighted by molar-refractivity contribution is -0.128. The van der Waals surface area contributed by atoms with Gasteiger partial charge in [-0.1, -0.05) is 34.6 Å². The van der Waals surface area contributed by atoms with Crippen LogP contribution >= 0.6 is 0 Å². The fraction of sp³-hybridized carbons (Fsp3) is 0.412. The molecule has 0 radical (unpaired) electrons. The molecule has 0 fully saturated rings. The van der Waals surface area contributed by atoms with E-state index in [1.165, 1.54) is 6.07 Å². The zero-order valence-electron chi connectivity index (χ0n) is 13.2. The molecule has 2 rings (SSSR count). The summed E-state index contributed by atoms with van der Waals surface area (Å²) in [7, 11) is 0. The molecule has 4 nitrogen and oxygen atoms in total. The van der Waals surface area contributed by atoms with Gasteiger partial charge < -0.3 is 9.15 Å². The zero-order chi connectivity index (χ0) is 16.0. The van der Waals surface area contributed by atoms with Gasteiger partial charge in [-0.2, -0.15) is 0 Å². The summed E-state index contributed by atoms with van der Waals surface area (Å²) in [4.78, 5) is 22.8. The van der Waals surface area contributed by atoms with Crippen LogP contribution in [0.25, 0.3) is 11.0 Å². The van der Waals surface area contributed by atoms with Gasteiger partial charge in [-0.3, -0.25) is 4.79 Å². The predicted octanol–water partition coefficient (Wildman–Crippen LogP) is 3.81. The highest BCUT2D eigenvalue weighted by Crippen LogP contribution is 2.21. The molecular weight excluding hydrogens is 268 g/mol. The maximum atomic E-state index is 11.8. The molecule has 1 heterocycles. The molecule has 0 aliphatic carbocycles. The van der Waals surface area contributed by atoms with Crippen LogP contribution in [0.15, 0.2) is 39.5 Å². The van der Waals surface area contributed by atoms with E-state index in [2.05, 4.69) is 0 Å². The number of ketones is 1. The normalized spacial score (nSPS) is 10.7. The second-order valence-electron chi connectivity index (χ2n) is 5.42. The van der Waals surface area contributed by atoms with Crippen molar-refractivity contribution in [1.29, 1.82) is 0 Å². The van der Waals surface area contributed by atoms with Gasteiger partial charge >= 0.3 is 5.63 Å². The van der Waals surface area contributed by atoms with Crippen LogP contribution in [0.1, 0.15) is 34.6 Å². The Morgan fingerprint density at radius 1 is 1.14 bits per heavy atom. The molecule has 0 aliphatic rings. The Labute approximate surface area is 124 Å². The average molecular weight is 290 g/mol. The number of carbonyl (C=O) groups excluding carboxylic acids is 1. The number of hydrogen-bond donors (Lipinski definition) is 0. The Kier molecular flexibility index (Phi) is 5.70. The Morgan fingerprint density at radius 2 is 1.81 bits per heavy atom. The molecule has 114 valence electrons. The van der Waals surface area contributed by atoms with E-state index in [0.717, 1.165) is 5.39 Å². The maximum Gasteiger partial charge on any atom is 0.336 e. The first-order chi connectivity index (χ1) is 9.86. The molecule has 0 saturated carbocycles. The minimum absolute atomic E-state index is 0.0335. The Morgan fingerprint density at radius 3 is 2.43 bits per heavy atom. The van der Waals surface area contributed by atoms with Crippen LogP contribution in [-0.2, 0) is 4.79 Å². The van der Waals surface area contributed by atoms with Crippen molar-refractivity contribution in [2.75, 3.05) is 6.61 Å². The van der Waals surface area contributed by atoms with E-state index >= 15 is 0 Å². The van der Waals surface area contributed by atoms with Crippen LogP contribution in [0.5, 0.6) is 5.75 Å². The molecule has 0 unspecified atom stereocenters. The largest absolute Gasteiger partial charge is 0.486 e. The molecule has 0 amide bonds. The summed E-state index contributed by atoms with van der Waals surface area (Å²) in [5.74, 6) is 0.617. The van der Waals surface area contributed by atoms with Gasteiger partial charge in [0.2, 0.25) is 0 Å². The van der Waals surface area contributed by atoms with Gasteiger partial charge in [0.05, 0.1) is 0 Å². The quantitative estimate of drug-likeness (QED) is 0.806. The first-order valence-electron chi connectivity index (χ1n) is 7.06. The Hall–Kier alpha value is -2.10. The lowest BCUT2D eigenvalue weighted by Gasteiger charge is -2.16. The third kappa shape index (κ3) is 4.74. The van der Waals surface area contributed by atoms with Gasteiger partial charge in [0.1, 0.15) is 17.9 Å². The lowest BCUT2D eigenvalue weighted by Crippen LogP contribution is -2.26. The fourth-order valence-electron chi connectivity index (χ4n) is 1.51.